The summed E-state index contributed by atoms with van der Waals surface area (Å²) in [5.74, 6) is 1.13. The molecule has 0 bridgehead atoms. The lowest BCUT2D eigenvalue weighted by Crippen LogP contribution is -2.44. The lowest BCUT2D eigenvalue weighted by molar-refractivity contribution is 0.184. The van der Waals surface area contributed by atoms with Gasteiger partial charge in [0.25, 0.3) is 0 Å². The molecule has 0 spiro atoms. The standard InChI is InChI=1S/C17H17NO2/c19-17(20-16-9-5-2-6-10-16)18-15-11-14(12-15)13-7-3-1-4-8-13/h1-10,14-15H,11-12H2,(H,18,19). The van der Waals surface area contributed by atoms with Crippen LogP contribution in [-0.2, 0) is 0 Å². The van der Waals surface area contributed by atoms with Crippen molar-refractivity contribution in [3.05, 3.63) is 66.2 Å². The van der Waals surface area contributed by atoms with E-state index in [0.29, 0.717) is 11.7 Å². The van der Waals surface area contributed by atoms with Gasteiger partial charge in [-0.1, -0.05) is 48.5 Å². The minimum Gasteiger partial charge on any atom is -0.410 e. The number of hydrogen-bond acceptors (Lipinski definition) is 2. The Morgan fingerprint density at radius 2 is 1.55 bits per heavy atom. The van der Waals surface area contributed by atoms with Crippen molar-refractivity contribution in [2.75, 3.05) is 0 Å². The van der Waals surface area contributed by atoms with Crippen LogP contribution in [0.3, 0.4) is 0 Å². The fourth-order valence-electron chi connectivity index (χ4n) is 2.52. The molecule has 102 valence electrons. The van der Waals surface area contributed by atoms with Gasteiger partial charge in [-0.05, 0) is 36.5 Å². The van der Waals surface area contributed by atoms with E-state index in [-0.39, 0.29) is 12.1 Å². The van der Waals surface area contributed by atoms with Crippen molar-refractivity contribution in [3.8, 4) is 5.75 Å². The summed E-state index contributed by atoms with van der Waals surface area (Å²) in [4.78, 5) is 11.7. The minimum absolute atomic E-state index is 0.219. The smallest absolute Gasteiger partial charge is 0.410 e. The molecule has 1 fully saturated rings. The van der Waals surface area contributed by atoms with Gasteiger partial charge in [-0.15, -0.1) is 0 Å². The number of carbonyl (C=O) groups excluding carboxylic acids is 1. The molecule has 0 aliphatic heterocycles. The summed E-state index contributed by atoms with van der Waals surface area (Å²) in [5.41, 5.74) is 1.35. The normalized spacial score (nSPS) is 20.8. The van der Waals surface area contributed by atoms with E-state index in [1.165, 1.54) is 5.56 Å². The maximum atomic E-state index is 11.7. The molecule has 3 nitrogen and oxygen atoms in total. The van der Waals surface area contributed by atoms with E-state index in [2.05, 4.69) is 29.6 Å². The van der Waals surface area contributed by atoms with E-state index in [1.807, 2.05) is 24.3 Å². The van der Waals surface area contributed by atoms with Crippen molar-refractivity contribution < 1.29 is 9.53 Å². The Bertz CT molecular complexity index is 562. The topological polar surface area (TPSA) is 38.3 Å². The molecule has 20 heavy (non-hydrogen) atoms. The highest BCUT2D eigenvalue weighted by atomic mass is 16.6. The molecule has 0 atom stereocenters. The molecule has 0 heterocycles. The van der Waals surface area contributed by atoms with Gasteiger partial charge in [0.1, 0.15) is 5.75 Å². The molecule has 0 saturated heterocycles. The van der Waals surface area contributed by atoms with Gasteiger partial charge < -0.3 is 10.1 Å². The third-order valence-corrected chi connectivity index (χ3v) is 3.68. The number of rotatable bonds is 3. The monoisotopic (exact) mass is 267 g/mol. The molecular formula is C17H17NO2. The first-order valence-corrected chi connectivity index (χ1v) is 6.89. The zero-order valence-electron chi connectivity index (χ0n) is 11.2. The molecule has 2 aromatic rings. The number of amides is 1. The number of para-hydroxylation sites is 1. The zero-order chi connectivity index (χ0) is 13.8. The van der Waals surface area contributed by atoms with E-state index in [4.69, 9.17) is 4.74 Å². The molecular weight excluding hydrogens is 250 g/mol. The largest absolute Gasteiger partial charge is 0.412 e. The molecule has 1 aliphatic carbocycles. The second kappa shape index (κ2) is 5.78. The Kier molecular flexibility index (Phi) is 3.68. The van der Waals surface area contributed by atoms with Crippen LogP contribution in [0, 0.1) is 0 Å². The molecule has 1 N–H and O–H groups in total. The van der Waals surface area contributed by atoms with Gasteiger partial charge >= 0.3 is 6.09 Å². The number of carbonyl (C=O) groups is 1. The van der Waals surface area contributed by atoms with Crippen molar-refractivity contribution >= 4 is 6.09 Å². The van der Waals surface area contributed by atoms with Gasteiger partial charge in [0.05, 0.1) is 0 Å². The van der Waals surface area contributed by atoms with Crippen LogP contribution in [0.4, 0.5) is 4.79 Å². The molecule has 3 rings (SSSR count). The van der Waals surface area contributed by atoms with Crippen LogP contribution >= 0.6 is 0 Å². The highest BCUT2D eigenvalue weighted by Crippen LogP contribution is 2.36. The first-order valence-electron chi connectivity index (χ1n) is 6.89. The van der Waals surface area contributed by atoms with Crippen LogP contribution in [0.1, 0.15) is 24.3 Å². The quantitative estimate of drug-likeness (QED) is 0.920. The third-order valence-electron chi connectivity index (χ3n) is 3.68. The van der Waals surface area contributed by atoms with Crippen molar-refractivity contribution in [1.82, 2.24) is 5.32 Å². The summed E-state index contributed by atoms with van der Waals surface area (Å²) < 4.78 is 5.21. The first kappa shape index (κ1) is 12.7. The van der Waals surface area contributed by atoms with E-state index in [0.717, 1.165) is 12.8 Å². The second-order valence-electron chi connectivity index (χ2n) is 5.12. The van der Waals surface area contributed by atoms with Crippen LogP contribution in [0.15, 0.2) is 60.7 Å². The Balaban J connectivity index is 1.46. The minimum atomic E-state index is -0.368. The summed E-state index contributed by atoms with van der Waals surface area (Å²) in [6.45, 7) is 0. The van der Waals surface area contributed by atoms with Crippen LogP contribution in [0.25, 0.3) is 0 Å². The van der Waals surface area contributed by atoms with Crippen molar-refractivity contribution in [2.45, 2.75) is 24.8 Å². The number of hydrogen-bond donors (Lipinski definition) is 1. The van der Waals surface area contributed by atoms with Gasteiger partial charge in [0, 0.05) is 6.04 Å². The summed E-state index contributed by atoms with van der Waals surface area (Å²) in [7, 11) is 0. The van der Waals surface area contributed by atoms with Crippen LogP contribution < -0.4 is 10.1 Å². The van der Waals surface area contributed by atoms with Gasteiger partial charge in [-0.3, -0.25) is 0 Å². The Hall–Kier alpha value is -2.29. The lowest BCUT2D eigenvalue weighted by atomic mass is 9.76. The van der Waals surface area contributed by atoms with Gasteiger partial charge in [0.2, 0.25) is 0 Å². The molecule has 2 aromatic carbocycles. The molecule has 1 amide bonds. The predicted molar refractivity (Wildman–Crippen MR) is 77.8 cm³/mol. The molecule has 0 aromatic heterocycles. The summed E-state index contributed by atoms with van der Waals surface area (Å²) >= 11 is 0. The Morgan fingerprint density at radius 3 is 2.20 bits per heavy atom. The SMILES string of the molecule is O=C(NC1CC(c2ccccc2)C1)Oc1ccccc1. The van der Waals surface area contributed by atoms with E-state index < -0.39 is 0 Å². The number of nitrogens with one attached hydrogen (secondary N) is 1. The van der Waals surface area contributed by atoms with E-state index >= 15 is 0 Å². The maximum absolute atomic E-state index is 11.7. The summed E-state index contributed by atoms with van der Waals surface area (Å²) in [6.07, 6.45) is 1.59. The van der Waals surface area contributed by atoms with Crippen LogP contribution in [-0.4, -0.2) is 12.1 Å². The zero-order valence-corrected chi connectivity index (χ0v) is 11.2. The average Bonchev–Trinajstić information content (AvgIpc) is 2.44. The van der Waals surface area contributed by atoms with Crippen molar-refractivity contribution in [3.63, 3.8) is 0 Å². The maximum Gasteiger partial charge on any atom is 0.412 e. The van der Waals surface area contributed by atoms with Gasteiger partial charge in [-0.25, -0.2) is 4.79 Å². The fraction of sp³-hybridized carbons (Fsp3) is 0.235. The fourth-order valence-corrected chi connectivity index (χ4v) is 2.52. The van der Waals surface area contributed by atoms with Crippen molar-refractivity contribution in [2.24, 2.45) is 0 Å². The van der Waals surface area contributed by atoms with Crippen molar-refractivity contribution in [1.29, 1.82) is 0 Å². The van der Waals surface area contributed by atoms with E-state index in [9.17, 15) is 4.79 Å². The summed E-state index contributed by atoms with van der Waals surface area (Å²) in [5, 5.41) is 2.90. The van der Waals surface area contributed by atoms with Gasteiger partial charge in [0.15, 0.2) is 0 Å². The number of ether oxygens (including phenoxy) is 1. The van der Waals surface area contributed by atoms with Crippen LogP contribution in [0.2, 0.25) is 0 Å². The summed E-state index contributed by atoms with van der Waals surface area (Å²) in [6, 6.07) is 19.8. The third kappa shape index (κ3) is 2.99. The predicted octanol–water partition coefficient (Wildman–Crippen LogP) is 3.72. The number of benzene rings is 2. The Morgan fingerprint density at radius 1 is 0.950 bits per heavy atom. The highest BCUT2D eigenvalue weighted by Gasteiger charge is 2.31. The average molecular weight is 267 g/mol. The molecule has 1 aliphatic rings. The highest BCUT2D eigenvalue weighted by molar-refractivity contribution is 5.70. The molecule has 3 heteroatoms. The van der Waals surface area contributed by atoms with Gasteiger partial charge in [-0.2, -0.15) is 0 Å². The van der Waals surface area contributed by atoms with Crippen LogP contribution in [0.5, 0.6) is 5.75 Å². The first-order chi connectivity index (χ1) is 9.81. The lowest BCUT2D eigenvalue weighted by Gasteiger charge is -2.35. The van der Waals surface area contributed by atoms with E-state index in [1.54, 1.807) is 12.1 Å². The molecule has 1 saturated carbocycles. The second-order valence-corrected chi connectivity index (χ2v) is 5.12. The molecule has 0 unspecified atom stereocenters. The molecule has 0 radical (unpaired) electrons. The Labute approximate surface area is 118 Å².